The van der Waals surface area contributed by atoms with Crippen LogP contribution in [-0.4, -0.2) is 54.7 Å². The second kappa shape index (κ2) is 8.18. The predicted octanol–water partition coefficient (Wildman–Crippen LogP) is 2.31. The molecule has 2 aliphatic rings. The zero-order valence-electron chi connectivity index (χ0n) is 15.6. The number of aromatic nitrogens is 1. The molecule has 4 rings (SSSR count). The number of piperidine rings is 1. The van der Waals surface area contributed by atoms with Crippen LogP contribution in [0.25, 0.3) is 0 Å². The molecule has 0 atom stereocenters. The molecule has 4 heterocycles. The van der Waals surface area contributed by atoms with Crippen molar-refractivity contribution in [3.63, 3.8) is 0 Å². The number of amides is 1. The third-order valence-electron chi connectivity index (χ3n) is 5.27. The molecule has 7 nitrogen and oxygen atoms in total. The maximum Gasteiger partial charge on any atom is 0.244 e. The average Bonchev–Trinajstić information content (AvgIpc) is 3.21. The molecule has 0 spiro atoms. The van der Waals surface area contributed by atoms with Gasteiger partial charge in [-0.05, 0) is 48.4 Å². The Morgan fingerprint density at radius 3 is 2.71 bits per heavy atom. The van der Waals surface area contributed by atoms with E-state index in [2.05, 4.69) is 21.7 Å². The van der Waals surface area contributed by atoms with Crippen LogP contribution in [0, 0.1) is 0 Å². The molecule has 0 bridgehead atoms. The van der Waals surface area contributed by atoms with Gasteiger partial charge in [0.1, 0.15) is 10.7 Å². The average molecular weight is 421 g/mol. The third kappa shape index (κ3) is 4.06. The normalized spacial score (nSPS) is 17.9. The van der Waals surface area contributed by atoms with Gasteiger partial charge in [0.15, 0.2) is 0 Å². The molecular formula is C19H24N4O3S2. The van der Waals surface area contributed by atoms with Crippen molar-refractivity contribution in [2.75, 3.05) is 31.5 Å². The second-order valence-corrected chi connectivity index (χ2v) is 10.1. The molecule has 0 aliphatic carbocycles. The summed E-state index contributed by atoms with van der Waals surface area (Å²) in [6.45, 7) is 2.66. The van der Waals surface area contributed by atoms with Gasteiger partial charge in [0.2, 0.25) is 15.9 Å². The molecule has 1 N–H and O–H groups in total. The Hall–Kier alpha value is -1.97. The Labute approximate surface area is 169 Å². The number of fused-ring (bicyclic) bond motifs is 1. The summed E-state index contributed by atoms with van der Waals surface area (Å²) < 4.78 is 26.8. The number of carbonyl (C=O) groups excluding carboxylic acids is 1. The summed E-state index contributed by atoms with van der Waals surface area (Å²) >= 11 is 1.75. The molecule has 2 aromatic rings. The van der Waals surface area contributed by atoms with Crippen LogP contribution in [0.15, 0.2) is 34.7 Å². The van der Waals surface area contributed by atoms with Crippen molar-refractivity contribution < 1.29 is 13.2 Å². The quantitative estimate of drug-likeness (QED) is 0.803. The highest BCUT2D eigenvalue weighted by atomic mass is 32.2. The van der Waals surface area contributed by atoms with E-state index in [0.717, 1.165) is 32.2 Å². The first-order valence-electron chi connectivity index (χ1n) is 9.57. The maximum absolute atomic E-state index is 12.7. The Bertz CT molecular complexity index is 934. The smallest absolute Gasteiger partial charge is 0.244 e. The number of thiophene rings is 1. The van der Waals surface area contributed by atoms with E-state index < -0.39 is 10.0 Å². The summed E-state index contributed by atoms with van der Waals surface area (Å²) in [5.74, 6) is 0.517. The number of hydrogen-bond donors (Lipinski definition) is 1. The first kappa shape index (κ1) is 19.4. The summed E-state index contributed by atoms with van der Waals surface area (Å²) in [5.41, 5.74) is 1.23. The van der Waals surface area contributed by atoms with Crippen molar-refractivity contribution in [2.24, 2.45) is 0 Å². The van der Waals surface area contributed by atoms with Gasteiger partial charge in [-0.1, -0.05) is 6.42 Å². The molecule has 9 heteroatoms. The fourth-order valence-electron chi connectivity index (χ4n) is 3.63. The van der Waals surface area contributed by atoms with Crippen LogP contribution in [0.2, 0.25) is 0 Å². The van der Waals surface area contributed by atoms with E-state index in [1.165, 1.54) is 20.9 Å². The van der Waals surface area contributed by atoms with Crippen molar-refractivity contribution in [3.05, 3.63) is 40.2 Å². The standard InChI is InChI=1S/C19H24N4O3S2/c24-19(22-10-6-17-15(14-22)7-11-27-17)13-21-18-5-4-16(12-20-18)28(25,26)23-8-2-1-3-9-23/h4-5,7,11-12H,1-3,6,8-10,13-14H2,(H,20,21). The number of anilines is 1. The molecule has 1 saturated heterocycles. The number of pyridine rings is 1. The molecule has 2 aromatic heterocycles. The number of nitrogens with zero attached hydrogens (tertiary/aromatic N) is 3. The molecule has 2 aliphatic heterocycles. The minimum atomic E-state index is -3.48. The summed E-state index contributed by atoms with van der Waals surface area (Å²) in [4.78, 5) is 20.1. The van der Waals surface area contributed by atoms with Gasteiger partial charge in [-0.3, -0.25) is 4.79 Å². The molecule has 0 radical (unpaired) electrons. The van der Waals surface area contributed by atoms with Gasteiger partial charge in [0.05, 0.1) is 6.54 Å². The lowest BCUT2D eigenvalue weighted by molar-refractivity contribution is -0.130. The fraction of sp³-hybridized carbons (Fsp3) is 0.474. The molecule has 1 amide bonds. The predicted molar refractivity (Wildman–Crippen MR) is 109 cm³/mol. The van der Waals surface area contributed by atoms with Gasteiger partial charge in [-0.2, -0.15) is 4.31 Å². The number of rotatable bonds is 5. The van der Waals surface area contributed by atoms with E-state index in [0.29, 0.717) is 25.5 Å². The van der Waals surface area contributed by atoms with Gasteiger partial charge in [-0.25, -0.2) is 13.4 Å². The van der Waals surface area contributed by atoms with E-state index >= 15 is 0 Å². The Morgan fingerprint density at radius 1 is 1.14 bits per heavy atom. The van der Waals surface area contributed by atoms with Gasteiger partial charge >= 0.3 is 0 Å². The minimum absolute atomic E-state index is 0.0173. The van der Waals surface area contributed by atoms with Crippen molar-refractivity contribution in [1.82, 2.24) is 14.2 Å². The first-order chi connectivity index (χ1) is 13.5. The SMILES string of the molecule is O=C(CNc1ccc(S(=O)(=O)N2CCCCC2)cn1)N1CCc2sccc2C1. The highest BCUT2D eigenvalue weighted by Crippen LogP contribution is 2.24. The third-order valence-corrected chi connectivity index (χ3v) is 8.18. The summed E-state index contributed by atoms with van der Waals surface area (Å²) in [6, 6.07) is 5.26. The molecule has 28 heavy (non-hydrogen) atoms. The molecule has 1 fully saturated rings. The largest absolute Gasteiger partial charge is 0.361 e. The van der Waals surface area contributed by atoms with Crippen LogP contribution >= 0.6 is 11.3 Å². The summed E-state index contributed by atoms with van der Waals surface area (Å²) in [6.07, 6.45) is 5.15. The van der Waals surface area contributed by atoms with E-state index in [1.54, 1.807) is 23.5 Å². The van der Waals surface area contributed by atoms with Crippen molar-refractivity contribution in [3.8, 4) is 0 Å². The molecule has 0 saturated carbocycles. The second-order valence-electron chi connectivity index (χ2n) is 7.13. The molecule has 150 valence electrons. The van der Waals surface area contributed by atoms with Gasteiger partial charge in [-0.15, -0.1) is 11.3 Å². The van der Waals surface area contributed by atoms with Crippen molar-refractivity contribution >= 4 is 33.1 Å². The highest BCUT2D eigenvalue weighted by molar-refractivity contribution is 7.89. The van der Waals surface area contributed by atoms with E-state index in [9.17, 15) is 13.2 Å². The Morgan fingerprint density at radius 2 is 1.96 bits per heavy atom. The van der Waals surface area contributed by atoms with Crippen molar-refractivity contribution in [1.29, 1.82) is 0 Å². The van der Waals surface area contributed by atoms with E-state index in [4.69, 9.17) is 0 Å². The lowest BCUT2D eigenvalue weighted by atomic mass is 10.1. The number of carbonyl (C=O) groups is 1. The number of sulfonamides is 1. The monoisotopic (exact) mass is 420 g/mol. The summed E-state index contributed by atoms with van der Waals surface area (Å²) in [7, 11) is -3.48. The van der Waals surface area contributed by atoms with Crippen LogP contribution in [0.5, 0.6) is 0 Å². The lowest BCUT2D eigenvalue weighted by Crippen LogP contribution is -2.38. The first-order valence-corrected chi connectivity index (χ1v) is 11.9. The number of hydrogen-bond acceptors (Lipinski definition) is 6. The highest BCUT2D eigenvalue weighted by Gasteiger charge is 2.26. The zero-order chi connectivity index (χ0) is 19.6. The topological polar surface area (TPSA) is 82.6 Å². The van der Waals surface area contributed by atoms with Gasteiger partial charge in [0, 0.05) is 37.3 Å². The molecule has 0 unspecified atom stereocenters. The molecular weight excluding hydrogens is 396 g/mol. The minimum Gasteiger partial charge on any atom is -0.361 e. The van der Waals surface area contributed by atoms with Crippen LogP contribution in [0.4, 0.5) is 5.82 Å². The van der Waals surface area contributed by atoms with Crippen LogP contribution in [-0.2, 0) is 27.8 Å². The van der Waals surface area contributed by atoms with Crippen LogP contribution < -0.4 is 5.32 Å². The Balaban J connectivity index is 1.34. The summed E-state index contributed by atoms with van der Waals surface area (Å²) in [5, 5.41) is 5.08. The van der Waals surface area contributed by atoms with Gasteiger partial charge in [0.25, 0.3) is 0 Å². The van der Waals surface area contributed by atoms with Gasteiger partial charge < -0.3 is 10.2 Å². The fourth-order valence-corrected chi connectivity index (χ4v) is 5.98. The lowest BCUT2D eigenvalue weighted by Gasteiger charge is -2.27. The maximum atomic E-state index is 12.7. The van der Waals surface area contributed by atoms with E-state index in [1.807, 2.05) is 4.90 Å². The van der Waals surface area contributed by atoms with E-state index in [-0.39, 0.29) is 17.3 Å². The van der Waals surface area contributed by atoms with Crippen LogP contribution in [0.1, 0.15) is 29.7 Å². The number of nitrogens with one attached hydrogen (secondary N) is 1. The zero-order valence-corrected chi connectivity index (χ0v) is 17.3. The molecule has 0 aromatic carbocycles. The van der Waals surface area contributed by atoms with Crippen molar-refractivity contribution in [2.45, 2.75) is 37.1 Å². The van der Waals surface area contributed by atoms with Crippen LogP contribution in [0.3, 0.4) is 0 Å². The Kier molecular flexibility index (Phi) is 5.65.